The van der Waals surface area contributed by atoms with Gasteiger partial charge in [0.05, 0.1) is 5.69 Å². The molecule has 0 saturated carbocycles. The van der Waals surface area contributed by atoms with Gasteiger partial charge in [0, 0.05) is 24.3 Å². The summed E-state index contributed by atoms with van der Waals surface area (Å²) in [5.41, 5.74) is 8.07. The van der Waals surface area contributed by atoms with E-state index in [0.717, 1.165) is 31.0 Å². The molecule has 1 heterocycles. The summed E-state index contributed by atoms with van der Waals surface area (Å²) in [6.45, 7) is 11.0. The van der Waals surface area contributed by atoms with Crippen molar-refractivity contribution in [3.8, 4) is 0 Å². The minimum atomic E-state index is -0.153. The third-order valence-corrected chi connectivity index (χ3v) is 2.41. The smallest absolute Gasteiger partial charge is 0.0547 e. The zero-order valence-corrected chi connectivity index (χ0v) is 10.8. The number of aromatic nitrogens is 1. The first kappa shape index (κ1) is 13.1. The highest BCUT2D eigenvalue weighted by Crippen LogP contribution is 2.07. The van der Waals surface area contributed by atoms with Crippen molar-refractivity contribution in [3.63, 3.8) is 0 Å². The molecule has 90 valence electrons. The minimum absolute atomic E-state index is 0.153. The molecule has 16 heavy (non-hydrogen) atoms. The van der Waals surface area contributed by atoms with Gasteiger partial charge < -0.3 is 5.73 Å². The zero-order chi connectivity index (χ0) is 12.2. The van der Waals surface area contributed by atoms with Crippen LogP contribution >= 0.6 is 0 Å². The molecule has 0 aliphatic heterocycles. The second kappa shape index (κ2) is 5.41. The SMILES string of the molecule is CCN(Cc1cccc(C)n1)CC(C)(C)N. The first-order valence-corrected chi connectivity index (χ1v) is 5.84. The second-order valence-corrected chi connectivity index (χ2v) is 5.06. The fourth-order valence-corrected chi connectivity index (χ4v) is 1.77. The highest BCUT2D eigenvalue weighted by molar-refractivity contribution is 5.09. The molecule has 0 spiro atoms. The molecule has 0 fully saturated rings. The van der Waals surface area contributed by atoms with Gasteiger partial charge in [-0.3, -0.25) is 9.88 Å². The van der Waals surface area contributed by atoms with E-state index in [1.54, 1.807) is 0 Å². The van der Waals surface area contributed by atoms with Gasteiger partial charge >= 0.3 is 0 Å². The van der Waals surface area contributed by atoms with Gasteiger partial charge in [-0.25, -0.2) is 0 Å². The van der Waals surface area contributed by atoms with Crippen molar-refractivity contribution in [1.82, 2.24) is 9.88 Å². The van der Waals surface area contributed by atoms with Crippen LogP contribution in [0.1, 0.15) is 32.2 Å². The molecule has 3 heteroatoms. The normalized spacial score (nSPS) is 12.1. The number of rotatable bonds is 5. The van der Waals surface area contributed by atoms with Crippen LogP contribution in [-0.2, 0) is 6.54 Å². The largest absolute Gasteiger partial charge is 0.324 e. The topological polar surface area (TPSA) is 42.2 Å². The van der Waals surface area contributed by atoms with E-state index in [4.69, 9.17) is 5.73 Å². The van der Waals surface area contributed by atoms with Gasteiger partial charge in [0.15, 0.2) is 0 Å². The number of hydrogen-bond donors (Lipinski definition) is 1. The van der Waals surface area contributed by atoms with Crippen molar-refractivity contribution < 1.29 is 0 Å². The molecule has 1 aromatic rings. The van der Waals surface area contributed by atoms with Crippen LogP contribution in [0.15, 0.2) is 18.2 Å². The first-order chi connectivity index (χ1) is 7.40. The van der Waals surface area contributed by atoms with Crippen LogP contribution in [0, 0.1) is 6.92 Å². The van der Waals surface area contributed by atoms with E-state index in [2.05, 4.69) is 42.8 Å². The Morgan fingerprint density at radius 3 is 2.56 bits per heavy atom. The van der Waals surface area contributed by atoms with Gasteiger partial charge in [-0.15, -0.1) is 0 Å². The van der Waals surface area contributed by atoms with Crippen molar-refractivity contribution in [2.24, 2.45) is 5.73 Å². The standard InChI is InChI=1S/C13H23N3/c1-5-16(10-13(3,4)14)9-12-8-6-7-11(2)15-12/h6-8H,5,9-10,14H2,1-4H3. The van der Waals surface area contributed by atoms with Crippen LogP contribution in [0.4, 0.5) is 0 Å². The first-order valence-electron chi connectivity index (χ1n) is 5.84. The average Bonchev–Trinajstić information content (AvgIpc) is 2.14. The summed E-state index contributed by atoms with van der Waals surface area (Å²) in [6, 6.07) is 6.14. The Morgan fingerprint density at radius 2 is 2.06 bits per heavy atom. The molecular weight excluding hydrogens is 198 g/mol. The molecule has 1 rings (SSSR count). The molecule has 1 aromatic heterocycles. The van der Waals surface area contributed by atoms with Crippen LogP contribution in [0.3, 0.4) is 0 Å². The molecule has 0 aliphatic carbocycles. The Bertz CT molecular complexity index is 328. The molecule has 0 aromatic carbocycles. The zero-order valence-electron chi connectivity index (χ0n) is 10.8. The summed E-state index contributed by atoms with van der Waals surface area (Å²) in [7, 11) is 0. The minimum Gasteiger partial charge on any atom is -0.324 e. The fourth-order valence-electron chi connectivity index (χ4n) is 1.77. The van der Waals surface area contributed by atoms with E-state index in [-0.39, 0.29) is 5.54 Å². The quantitative estimate of drug-likeness (QED) is 0.826. The lowest BCUT2D eigenvalue weighted by atomic mass is 10.1. The lowest BCUT2D eigenvalue weighted by molar-refractivity contribution is 0.226. The maximum Gasteiger partial charge on any atom is 0.0547 e. The summed E-state index contributed by atoms with van der Waals surface area (Å²) in [5.74, 6) is 0. The molecular formula is C13H23N3. The van der Waals surface area contributed by atoms with Crippen molar-refractivity contribution in [1.29, 1.82) is 0 Å². The van der Waals surface area contributed by atoms with Gasteiger partial charge in [0.25, 0.3) is 0 Å². The maximum absolute atomic E-state index is 6.03. The van der Waals surface area contributed by atoms with Gasteiger partial charge in [0.1, 0.15) is 0 Å². The Morgan fingerprint density at radius 1 is 1.38 bits per heavy atom. The second-order valence-electron chi connectivity index (χ2n) is 5.06. The Kier molecular flexibility index (Phi) is 4.44. The van der Waals surface area contributed by atoms with Gasteiger partial charge in [-0.1, -0.05) is 13.0 Å². The van der Waals surface area contributed by atoms with E-state index < -0.39 is 0 Å². The van der Waals surface area contributed by atoms with E-state index in [1.165, 1.54) is 0 Å². The molecule has 0 saturated heterocycles. The Labute approximate surface area is 98.7 Å². The summed E-state index contributed by atoms with van der Waals surface area (Å²) < 4.78 is 0. The highest BCUT2D eigenvalue weighted by Gasteiger charge is 2.15. The number of hydrogen-bond acceptors (Lipinski definition) is 3. The van der Waals surface area contributed by atoms with Gasteiger partial charge in [0.2, 0.25) is 0 Å². The van der Waals surface area contributed by atoms with Crippen LogP contribution < -0.4 is 5.73 Å². The van der Waals surface area contributed by atoms with Crippen LogP contribution in [0.5, 0.6) is 0 Å². The molecule has 0 atom stereocenters. The summed E-state index contributed by atoms with van der Waals surface area (Å²) in [5, 5.41) is 0. The van der Waals surface area contributed by atoms with E-state index in [9.17, 15) is 0 Å². The molecule has 0 unspecified atom stereocenters. The van der Waals surface area contributed by atoms with E-state index in [0.29, 0.717) is 0 Å². The third kappa shape index (κ3) is 4.73. The number of aryl methyl sites for hydroxylation is 1. The summed E-state index contributed by atoms with van der Waals surface area (Å²) in [4.78, 5) is 6.83. The number of nitrogens with two attached hydrogens (primary N) is 1. The number of pyridine rings is 1. The Balaban J connectivity index is 2.63. The number of likely N-dealkylation sites (N-methyl/N-ethyl adjacent to an activating group) is 1. The van der Waals surface area contributed by atoms with Gasteiger partial charge in [-0.2, -0.15) is 0 Å². The van der Waals surface area contributed by atoms with Crippen LogP contribution in [-0.4, -0.2) is 28.5 Å². The molecule has 3 nitrogen and oxygen atoms in total. The highest BCUT2D eigenvalue weighted by atomic mass is 15.1. The van der Waals surface area contributed by atoms with Crippen molar-refractivity contribution >= 4 is 0 Å². The molecule has 0 aliphatic rings. The van der Waals surface area contributed by atoms with Crippen molar-refractivity contribution in [2.45, 2.75) is 39.8 Å². The molecule has 0 radical (unpaired) electrons. The summed E-state index contributed by atoms with van der Waals surface area (Å²) >= 11 is 0. The lowest BCUT2D eigenvalue weighted by Crippen LogP contribution is -2.45. The van der Waals surface area contributed by atoms with E-state index >= 15 is 0 Å². The monoisotopic (exact) mass is 221 g/mol. The van der Waals surface area contributed by atoms with E-state index in [1.807, 2.05) is 13.0 Å². The number of nitrogens with zero attached hydrogens (tertiary/aromatic N) is 2. The average molecular weight is 221 g/mol. The fraction of sp³-hybridized carbons (Fsp3) is 0.615. The van der Waals surface area contributed by atoms with Crippen LogP contribution in [0.2, 0.25) is 0 Å². The van der Waals surface area contributed by atoms with Crippen LogP contribution in [0.25, 0.3) is 0 Å². The Hall–Kier alpha value is -0.930. The molecule has 2 N–H and O–H groups in total. The van der Waals surface area contributed by atoms with Crippen molar-refractivity contribution in [3.05, 3.63) is 29.6 Å². The predicted molar refractivity (Wildman–Crippen MR) is 68.2 cm³/mol. The predicted octanol–water partition coefficient (Wildman–Crippen LogP) is 1.95. The molecule has 0 bridgehead atoms. The van der Waals surface area contributed by atoms with Crippen molar-refractivity contribution in [2.75, 3.05) is 13.1 Å². The lowest BCUT2D eigenvalue weighted by Gasteiger charge is -2.28. The maximum atomic E-state index is 6.03. The van der Waals surface area contributed by atoms with Gasteiger partial charge in [-0.05, 0) is 39.4 Å². The molecule has 0 amide bonds. The summed E-state index contributed by atoms with van der Waals surface area (Å²) in [6.07, 6.45) is 0. The third-order valence-electron chi connectivity index (χ3n) is 2.41.